The van der Waals surface area contributed by atoms with Crippen LogP contribution in [0.3, 0.4) is 0 Å². The van der Waals surface area contributed by atoms with Gasteiger partial charge in [0.15, 0.2) is 17.5 Å². The Balaban J connectivity index is 2.80. The Kier molecular flexibility index (Phi) is 5.37. The molecule has 7 heteroatoms. The van der Waals surface area contributed by atoms with Gasteiger partial charge in [-0.05, 0) is 37.6 Å². The largest absolute Gasteiger partial charge is 0.313 e. The average molecular weight is 295 g/mol. The average Bonchev–Trinajstić information content (AvgIpc) is 2.29. The van der Waals surface area contributed by atoms with Crippen LogP contribution in [0.5, 0.6) is 0 Å². The normalized spacial score (nSPS) is 13.5. The van der Waals surface area contributed by atoms with Crippen LogP contribution in [0, 0.1) is 17.5 Å². The Morgan fingerprint density at radius 2 is 1.74 bits per heavy atom. The van der Waals surface area contributed by atoms with E-state index in [1.807, 2.05) is 0 Å². The number of nitrogens with one attached hydrogen (secondary N) is 1. The summed E-state index contributed by atoms with van der Waals surface area (Å²) in [4.78, 5) is 0. The van der Waals surface area contributed by atoms with Gasteiger partial charge in [-0.25, -0.2) is 21.6 Å². The van der Waals surface area contributed by atoms with Gasteiger partial charge in [-0.2, -0.15) is 0 Å². The van der Waals surface area contributed by atoms with Gasteiger partial charge in [0.25, 0.3) is 0 Å². The SMILES string of the molecule is CNC(CCCS(C)(=O)=O)c1cc(F)c(F)c(F)c1. The van der Waals surface area contributed by atoms with Crippen molar-refractivity contribution < 1.29 is 21.6 Å². The molecule has 0 heterocycles. The number of hydrogen-bond acceptors (Lipinski definition) is 3. The topological polar surface area (TPSA) is 46.2 Å². The highest BCUT2D eigenvalue weighted by Crippen LogP contribution is 2.22. The maximum Gasteiger partial charge on any atom is 0.194 e. The number of sulfone groups is 1. The molecule has 0 radical (unpaired) electrons. The Labute approximate surface area is 110 Å². The molecule has 3 nitrogen and oxygen atoms in total. The highest BCUT2D eigenvalue weighted by Gasteiger charge is 2.16. The molecule has 0 saturated carbocycles. The lowest BCUT2D eigenvalue weighted by Crippen LogP contribution is -2.18. The summed E-state index contributed by atoms with van der Waals surface area (Å²) in [5.74, 6) is -4.01. The van der Waals surface area contributed by atoms with Crippen molar-refractivity contribution in [2.45, 2.75) is 18.9 Å². The predicted molar refractivity (Wildman–Crippen MR) is 67.1 cm³/mol. The monoisotopic (exact) mass is 295 g/mol. The highest BCUT2D eigenvalue weighted by molar-refractivity contribution is 7.90. The predicted octanol–water partition coefficient (Wildman–Crippen LogP) is 2.19. The second kappa shape index (κ2) is 6.38. The summed E-state index contributed by atoms with van der Waals surface area (Å²) in [5, 5.41) is 2.83. The van der Waals surface area contributed by atoms with Crippen molar-refractivity contribution in [3.63, 3.8) is 0 Å². The minimum Gasteiger partial charge on any atom is -0.313 e. The van der Waals surface area contributed by atoms with E-state index in [1.54, 1.807) is 7.05 Å². The first-order valence-corrected chi connectivity index (χ1v) is 7.80. The molecule has 0 spiro atoms. The summed E-state index contributed by atoms with van der Waals surface area (Å²) in [5.41, 5.74) is 0.257. The summed E-state index contributed by atoms with van der Waals surface area (Å²) in [6, 6.07) is 1.41. The van der Waals surface area contributed by atoms with E-state index < -0.39 is 33.3 Å². The van der Waals surface area contributed by atoms with Crippen LogP contribution in [0.4, 0.5) is 13.2 Å². The summed E-state index contributed by atoms with van der Waals surface area (Å²) in [6.07, 6.45) is 1.86. The Morgan fingerprint density at radius 3 is 2.16 bits per heavy atom. The molecule has 1 N–H and O–H groups in total. The van der Waals surface area contributed by atoms with E-state index in [-0.39, 0.29) is 11.3 Å². The minimum absolute atomic E-state index is 0.00264. The fourth-order valence-electron chi connectivity index (χ4n) is 1.80. The molecule has 1 rings (SSSR count). The molecule has 0 saturated heterocycles. The molecule has 1 aromatic carbocycles. The maximum absolute atomic E-state index is 13.1. The van der Waals surface area contributed by atoms with Gasteiger partial charge in [0.2, 0.25) is 0 Å². The smallest absolute Gasteiger partial charge is 0.194 e. The third-order valence-electron chi connectivity index (χ3n) is 2.76. The van der Waals surface area contributed by atoms with Crippen LogP contribution in [0.25, 0.3) is 0 Å². The zero-order valence-electron chi connectivity index (χ0n) is 10.7. The van der Waals surface area contributed by atoms with Crippen molar-refractivity contribution in [2.75, 3.05) is 19.1 Å². The lowest BCUT2D eigenvalue weighted by atomic mass is 10.0. The lowest BCUT2D eigenvalue weighted by Gasteiger charge is -2.16. The number of hydrogen-bond donors (Lipinski definition) is 1. The van der Waals surface area contributed by atoms with Crippen LogP contribution in [-0.4, -0.2) is 27.5 Å². The Bertz CT molecular complexity index is 523. The number of rotatable bonds is 6. The van der Waals surface area contributed by atoms with Gasteiger partial charge < -0.3 is 5.32 Å². The molecule has 1 atom stereocenters. The van der Waals surface area contributed by atoms with Gasteiger partial charge in [0.1, 0.15) is 9.84 Å². The Morgan fingerprint density at radius 1 is 1.21 bits per heavy atom. The van der Waals surface area contributed by atoms with Crippen LogP contribution < -0.4 is 5.32 Å². The molecule has 0 aliphatic rings. The summed E-state index contributed by atoms with van der Waals surface area (Å²) in [7, 11) is -1.48. The molecule has 0 aromatic heterocycles. The molecule has 0 aliphatic carbocycles. The molecule has 0 bridgehead atoms. The van der Waals surface area contributed by atoms with Gasteiger partial charge in [-0.1, -0.05) is 0 Å². The molecular weight excluding hydrogens is 279 g/mol. The third-order valence-corrected chi connectivity index (χ3v) is 3.80. The van der Waals surface area contributed by atoms with E-state index in [0.717, 1.165) is 18.4 Å². The molecule has 108 valence electrons. The number of benzene rings is 1. The molecule has 0 amide bonds. The fourth-order valence-corrected chi connectivity index (χ4v) is 2.49. The van der Waals surface area contributed by atoms with Crippen molar-refractivity contribution in [1.82, 2.24) is 5.32 Å². The van der Waals surface area contributed by atoms with E-state index in [4.69, 9.17) is 0 Å². The van der Waals surface area contributed by atoms with Crippen LogP contribution >= 0.6 is 0 Å². The van der Waals surface area contributed by atoms with Gasteiger partial charge in [-0.3, -0.25) is 0 Å². The van der Waals surface area contributed by atoms with Crippen molar-refractivity contribution in [3.05, 3.63) is 35.1 Å². The summed E-state index contributed by atoms with van der Waals surface area (Å²) >= 11 is 0. The zero-order valence-corrected chi connectivity index (χ0v) is 11.5. The lowest BCUT2D eigenvalue weighted by molar-refractivity contribution is 0.439. The number of halogens is 3. The van der Waals surface area contributed by atoms with E-state index in [0.29, 0.717) is 12.8 Å². The van der Waals surface area contributed by atoms with Gasteiger partial charge in [-0.15, -0.1) is 0 Å². The summed E-state index contributed by atoms with van der Waals surface area (Å²) in [6.45, 7) is 0. The first-order valence-electron chi connectivity index (χ1n) is 5.74. The summed E-state index contributed by atoms with van der Waals surface area (Å²) < 4.78 is 61.1. The van der Waals surface area contributed by atoms with Crippen molar-refractivity contribution in [3.8, 4) is 0 Å². The van der Waals surface area contributed by atoms with Crippen LogP contribution in [0.1, 0.15) is 24.4 Å². The fraction of sp³-hybridized carbons (Fsp3) is 0.500. The Hall–Kier alpha value is -1.08. The van der Waals surface area contributed by atoms with E-state index in [9.17, 15) is 21.6 Å². The second-order valence-corrected chi connectivity index (χ2v) is 6.67. The molecule has 0 fully saturated rings. The van der Waals surface area contributed by atoms with E-state index in [1.165, 1.54) is 0 Å². The maximum atomic E-state index is 13.1. The van der Waals surface area contributed by atoms with Crippen LogP contribution in [-0.2, 0) is 9.84 Å². The van der Waals surface area contributed by atoms with Crippen molar-refractivity contribution in [1.29, 1.82) is 0 Å². The molecule has 1 unspecified atom stereocenters. The van der Waals surface area contributed by atoms with E-state index >= 15 is 0 Å². The van der Waals surface area contributed by atoms with Crippen LogP contribution in [0.15, 0.2) is 12.1 Å². The van der Waals surface area contributed by atoms with Crippen LogP contribution in [0.2, 0.25) is 0 Å². The minimum atomic E-state index is -3.07. The highest BCUT2D eigenvalue weighted by atomic mass is 32.2. The molecule has 0 aliphatic heterocycles. The zero-order chi connectivity index (χ0) is 14.6. The van der Waals surface area contributed by atoms with Gasteiger partial charge in [0.05, 0.1) is 0 Å². The molecular formula is C12H16F3NO2S. The van der Waals surface area contributed by atoms with Gasteiger partial charge in [0, 0.05) is 18.1 Å². The van der Waals surface area contributed by atoms with Gasteiger partial charge >= 0.3 is 0 Å². The standard InChI is InChI=1S/C12H16F3NO2S/c1-16-11(4-3-5-19(2,17)18)8-6-9(13)12(15)10(14)7-8/h6-7,11,16H,3-5H2,1-2H3. The second-order valence-electron chi connectivity index (χ2n) is 4.41. The van der Waals surface area contributed by atoms with E-state index in [2.05, 4.69) is 5.32 Å². The quantitative estimate of drug-likeness (QED) is 0.818. The first kappa shape index (κ1) is 16.0. The van der Waals surface area contributed by atoms with Crippen molar-refractivity contribution >= 4 is 9.84 Å². The molecule has 19 heavy (non-hydrogen) atoms. The molecule has 1 aromatic rings. The first-order chi connectivity index (χ1) is 8.74. The van der Waals surface area contributed by atoms with Crippen molar-refractivity contribution in [2.24, 2.45) is 0 Å². The third kappa shape index (κ3) is 4.83.